The first-order valence-corrected chi connectivity index (χ1v) is 4.84. The van der Waals surface area contributed by atoms with Gasteiger partial charge in [0.2, 0.25) is 0 Å². The third-order valence-corrected chi connectivity index (χ3v) is 2.55. The van der Waals surface area contributed by atoms with Crippen LogP contribution in [0, 0.1) is 5.82 Å². The summed E-state index contributed by atoms with van der Waals surface area (Å²) in [6, 6.07) is 1.27. The average Bonchev–Trinajstić information content (AvgIpc) is 2.59. The van der Waals surface area contributed by atoms with Gasteiger partial charge in [0, 0.05) is 19.3 Å². The standard InChI is InChI=1S/C10H11FN2O3/c11-7-3-12-2-1-6(7)10(16)13-4-8(14)9(15)5-13/h1-3,8-9,14-15H,4-5H2. The van der Waals surface area contributed by atoms with E-state index in [1.165, 1.54) is 17.2 Å². The van der Waals surface area contributed by atoms with Crippen molar-refractivity contribution in [2.24, 2.45) is 0 Å². The highest BCUT2D eigenvalue weighted by atomic mass is 19.1. The molecule has 2 atom stereocenters. The highest BCUT2D eigenvalue weighted by Gasteiger charge is 2.33. The number of β-amino-alcohol motifs (C(OH)–C–C–N with tert-alkyl or cyclic N) is 2. The maximum absolute atomic E-state index is 13.3. The average molecular weight is 226 g/mol. The number of aliphatic hydroxyl groups is 2. The molecule has 1 saturated heterocycles. The summed E-state index contributed by atoms with van der Waals surface area (Å²) in [5.41, 5.74) is -0.101. The number of carbonyl (C=O) groups is 1. The van der Waals surface area contributed by atoms with Crippen molar-refractivity contribution in [2.45, 2.75) is 12.2 Å². The molecule has 0 aliphatic carbocycles. The Morgan fingerprint density at radius 2 is 2.06 bits per heavy atom. The van der Waals surface area contributed by atoms with Gasteiger partial charge in [0.25, 0.3) is 5.91 Å². The highest BCUT2D eigenvalue weighted by molar-refractivity contribution is 5.94. The molecule has 1 amide bonds. The molecule has 1 aromatic heterocycles. The van der Waals surface area contributed by atoms with E-state index in [9.17, 15) is 19.4 Å². The van der Waals surface area contributed by atoms with Crippen LogP contribution in [0.25, 0.3) is 0 Å². The molecule has 1 fully saturated rings. The van der Waals surface area contributed by atoms with E-state index in [-0.39, 0.29) is 18.7 Å². The quantitative estimate of drug-likeness (QED) is 0.670. The smallest absolute Gasteiger partial charge is 0.257 e. The SMILES string of the molecule is O=C(c1ccncc1F)N1CC(O)C(O)C1. The molecule has 2 N–H and O–H groups in total. The lowest BCUT2D eigenvalue weighted by atomic mass is 10.2. The predicted molar refractivity (Wildman–Crippen MR) is 52.1 cm³/mol. The van der Waals surface area contributed by atoms with Crippen molar-refractivity contribution in [3.05, 3.63) is 29.8 Å². The fourth-order valence-electron chi connectivity index (χ4n) is 1.65. The Morgan fingerprint density at radius 3 is 2.62 bits per heavy atom. The number of halogens is 1. The molecule has 0 radical (unpaired) electrons. The number of aliphatic hydroxyl groups excluding tert-OH is 2. The van der Waals surface area contributed by atoms with Crippen LogP contribution >= 0.6 is 0 Å². The van der Waals surface area contributed by atoms with Gasteiger partial charge < -0.3 is 15.1 Å². The van der Waals surface area contributed by atoms with Crippen molar-refractivity contribution in [2.75, 3.05) is 13.1 Å². The largest absolute Gasteiger partial charge is 0.388 e. The predicted octanol–water partition coefficient (Wildman–Crippen LogP) is -0.602. The summed E-state index contributed by atoms with van der Waals surface area (Å²) < 4.78 is 13.3. The van der Waals surface area contributed by atoms with Gasteiger partial charge in [-0.15, -0.1) is 0 Å². The zero-order valence-electron chi connectivity index (χ0n) is 8.38. The van der Waals surface area contributed by atoms with Gasteiger partial charge in [-0.2, -0.15) is 0 Å². The van der Waals surface area contributed by atoms with Crippen molar-refractivity contribution in [3.8, 4) is 0 Å². The Kier molecular flexibility index (Phi) is 2.84. The summed E-state index contributed by atoms with van der Waals surface area (Å²) >= 11 is 0. The van der Waals surface area contributed by atoms with Crippen molar-refractivity contribution in [1.82, 2.24) is 9.88 Å². The van der Waals surface area contributed by atoms with Gasteiger partial charge in [0.1, 0.15) is 0 Å². The molecule has 1 aliphatic heterocycles. The van der Waals surface area contributed by atoms with Crippen LogP contribution in [0.3, 0.4) is 0 Å². The molecule has 86 valence electrons. The van der Waals surface area contributed by atoms with Crippen molar-refractivity contribution < 1.29 is 19.4 Å². The van der Waals surface area contributed by atoms with Crippen molar-refractivity contribution in [3.63, 3.8) is 0 Å². The molecule has 2 heterocycles. The molecule has 5 nitrogen and oxygen atoms in total. The Labute approximate surface area is 91.1 Å². The van der Waals surface area contributed by atoms with Gasteiger partial charge in [-0.05, 0) is 6.07 Å². The van der Waals surface area contributed by atoms with Gasteiger partial charge in [-0.1, -0.05) is 0 Å². The topological polar surface area (TPSA) is 73.7 Å². The van der Waals surface area contributed by atoms with E-state index in [4.69, 9.17) is 0 Å². The fraction of sp³-hybridized carbons (Fsp3) is 0.400. The molecule has 0 saturated carbocycles. The molecule has 6 heteroatoms. The Hall–Kier alpha value is -1.53. The second-order valence-electron chi connectivity index (χ2n) is 3.70. The number of likely N-dealkylation sites (tertiary alicyclic amines) is 1. The first-order chi connectivity index (χ1) is 7.59. The van der Waals surface area contributed by atoms with Crippen LogP contribution in [0.1, 0.15) is 10.4 Å². The lowest BCUT2D eigenvalue weighted by molar-refractivity contribution is 0.0572. The minimum absolute atomic E-state index is 0.0156. The first kappa shape index (κ1) is 11.0. The third-order valence-electron chi connectivity index (χ3n) is 2.55. The zero-order valence-corrected chi connectivity index (χ0v) is 8.38. The monoisotopic (exact) mass is 226 g/mol. The molecule has 2 rings (SSSR count). The fourth-order valence-corrected chi connectivity index (χ4v) is 1.65. The number of hydrogen-bond acceptors (Lipinski definition) is 4. The van der Waals surface area contributed by atoms with Crippen LogP contribution in [0.5, 0.6) is 0 Å². The van der Waals surface area contributed by atoms with E-state index in [1.54, 1.807) is 0 Å². The number of rotatable bonds is 1. The molecule has 1 aromatic rings. The molecule has 2 unspecified atom stereocenters. The number of aromatic nitrogens is 1. The summed E-state index contributed by atoms with van der Waals surface area (Å²) in [7, 11) is 0. The molecule has 16 heavy (non-hydrogen) atoms. The van der Waals surface area contributed by atoms with E-state index in [0.717, 1.165) is 6.20 Å². The van der Waals surface area contributed by atoms with Crippen molar-refractivity contribution in [1.29, 1.82) is 0 Å². The van der Waals surface area contributed by atoms with E-state index in [2.05, 4.69) is 4.98 Å². The maximum Gasteiger partial charge on any atom is 0.257 e. The van der Waals surface area contributed by atoms with Gasteiger partial charge in [-0.25, -0.2) is 4.39 Å². The van der Waals surface area contributed by atoms with Crippen LogP contribution in [0.4, 0.5) is 4.39 Å². The second-order valence-corrected chi connectivity index (χ2v) is 3.70. The molecule has 0 aromatic carbocycles. The summed E-state index contributed by atoms with van der Waals surface area (Å²) in [5.74, 6) is -1.25. The normalized spacial score (nSPS) is 24.8. The Bertz CT molecular complexity index is 403. The Balaban J connectivity index is 2.18. The van der Waals surface area contributed by atoms with E-state index in [0.29, 0.717) is 0 Å². The number of hydrogen-bond donors (Lipinski definition) is 2. The van der Waals surface area contributed by atoms with E-state index < -0.39 is 23.9 Å². The van der Waals surface area contributed by atoms with Gasteiger partial charge >= 0.3 is 0 Å². The molecule has 1 aliphatic rings. The van der Waals surface area contributed by atoms with Crippen LogP contribution in [0.2, 0.25) is 0 Å². The highest BCUT2D eigenvalue weighted by Crippen LogP contribution is 2.15. The van der Waals surface area contributed by atoms with E-state index >= 15 is 0 Å². The maximum atomic E-state index is 13.3. The molecule has 0 spiro atoms. The van der Waals surface area contributed by atoms with Gasteiger partial charge in [-0.3, -0.25) is 9.78 Å². The third kappa shape index (κ3) is 1.89. The number of nitrogens with zero attached hydrogens (tertiary/aromatic N) is 2. The van der Waals surface area contributed by atoms with Gasteiger partial charge in [0.15, 0.2) is 5.82 Å². The summed E-state index contributed by atoms with van der Waals surface area (Å²) in [6.45, 7) is 0.0313. The lowest BCUT2D eigenvalue weighted by Gasteiger charge is -2.15. The lowest BCUT2D eigenvalue weighted by Crippen LogP contribution is -2.30. The summed E-state index contributed by atoms with van der Waals surface area (Å²) in [6.07, 6.45) is 0.345. The van der Waals surface area contributed by atoms with Crippen LogP contribution in [-0.4, -0.2) is 51.3 Å². The summed E-state index contributed by atoms with van der Waals surface area (Å²) in [4.78, 5) is 16.6. The van der Waals surface area contributed by atoms with Gasteiger partial charge in [0.05, 0.1) is 24.0 Å². The number of amides is 1. The zero-order chi connectivity index (χ0) is 11.7. The first-order valence-electron chi connectivity index (χ1n) is 4.84. The molecular weight excluding hydrogens is 215 g/mol. The van der Waals surface area contributed by atoms with Crippen LogP contribution in [-0.2, 0) is 0 Å². The molecule has 0 bridgehead atoms. The van der Waals surface area contributed by atoms with E-state index in [1.807, 2.05) is 0 Å². The summed E-state index contributed by atoms with van der Waals surface area (Å²) in [5, 5.41) is 18.6. The second kappa shape index (κ2) is 4.15. The minimum atomic E-state index is -0.964. The minimum Gasteiger partial charge on any atom is -0.388 e. The number of carbonyl (C=O) groups excluding carboxylic acids is 1. The van der Waals surface area contributed by atoms with Crippen molar-refractivity contribution >= 4 is 5.91 Å². The Morgan fingerprint density at radius 1 is 1.44 bits per heavy atom. The van der Waals surface area contributed by atoms with Crippen LogP contribution < -0.4 is 0 Å². The number of pyridine rings is 1. The molecular formula is C10H11FN2O3. The van der Waals surface area contributed by atoms with Crippen LogP contribution in [0.15, 0.2) is 18.5 Å².